The molecule has 4 aromatic carbocycles. The number of benzene rings is 4. The Balaban J connectivity index is 1.64. The number of rotatable bonds is 8. The number of amides is 1. The molecule has 0 aliphatic rings. The molecule has 6 nitrogen and oxygen atoms in total. The summed E-state index contributed by atoms with van der Waals surface area (Å²) in [6, 6.07) is 26.5. The van der Waals surface area contributed by atoms with E-state index in [0.29, 0.717) is 32.9 Å². The molecular formula is C27H22Cl2N2O4S. The van der Waals surface area contributed by atoms with Crippen LogP contribution in [0.15, 0.2) is 102 Å². The van der Waals surface area contributed by atoms with Crippen molar-refractivity contribution in [3.63, 3.8) is 0 Å². The van der Waals surface area contributed by atoms with Gasteiger partial charge in [0, 0.05) is 10.0 Å². The number of para-hydroxylation sites is 1. The topological polar surface area (TPSA) is 75.7 Å². The molecule has 0 spiro atoms. The molecule has 0 aliphatic heterocycles. The van der Waals surface area contributed by atoms with Crippen LogP contribution in [0, 0.1) is 6.92 Å². The maximum atomic E-state index is 13.5. The van der Waals surface area contributed by atoms with E-state index < -0.39 is 22.5 Å². The molecule has 9 heteroatoms. The molecule has 184 valence electrons. The van der Waals surface area contributed by atoms with Gasteiger partial charge in [-0.1, -0.05) is 59.1 Å². The van der Waals surface area contributed by atoms with Gasteiger partial charge in [-0.2, -0.15) is 0 Å². The summed E-state index contributed by atoms with van der Waals surface area (Å²) in [6.07, 6.45) is 0. The second-order valence-corrected chi connectivity index (χ2v) is 10.6. The van der Waals surface area contributed by atoms with Gasteiger partial charge in [-0.3, -0.25) is 9.10 Å². The van der Waals surface area contributed by atoms with E-state index in [0.717, 1.165) is 9.87 Å². The molecule has 0 saturated carbocycles. The van der Waals surface area contributed by atoms with Crippen LogP contribution in [0.25, 0.3) is 0 Å². The Morgan fingerprint density at radius 2 is 1.50 bits per heavy atom. The Hall–Kier alpha value is -3.52. The highest BCUT2D eigenvalue weighted by molar-refractivity contribution is 7.92. The molecule has 1 N–H and O–H groups in total. The summed E-state index contributed by atoms with van der Waals surface area (Å²) in [7, 11) is -4.07. The predicted octanol–water partition coefficient (Wildman–Crippen LogP) is 6.93. The maximum Gasteiger partial charge on any atom is 0.264 e. The van der Waals surface area contributed by atoms with Crippen molar-refractivity contribution in [2.24, 2.45) is 0 Å². The summed E-state index contributed by atoms with van der Waals surface area (Å²) in [5, 5.41) is 3.56. The van der Waals surface area contributed by atoms with E-state index in [2.05, 4.69) is 5.32 Å². The third kappa shape index (κ3) is 6.18. The van der Waals surface area contributed by atoms with E-state index in [1.54, 1.807) is 66.7 Å². The molecule has 0 radical (unpaired) electrons. The van der Waals surface area contributed by atoms with Crippen molar-refractivity contribution < 1.29 is 17.9 Å². The van der Waals surface area contributed by atoms with Gasteiger partial charge in [0.2, 0.25) is 5.91 Å². The van der Waals surface area contributed by atoms with Crippen LogP contribution in [0.4, 0.5) is 11.4 Å². The lowest BCUT2D eigenvalue weighted by atomic mass is 10.2. The summed E-state index contributed by atoms with van der Waals surface area (Å²) < 4.78 is 34.0. The molecule has 0 aromatic heterocycles. The van der Waals surface area contributed by atoms with E-state index in [9.17, 15) is 13.2 Å². The number of carbonyl (C=O) groups is 1. The van der Waals surface area contributed by atoms with Crippen molar-refractivity contribution in [1.29, 1.82) is 0 Å². The van der Waals surface area contributed by atoms with Crippen LogP contribution in [0.3, 0.4) is 0 Å². The first-order valence-corrected chi connectivity index (χ1v) is 13.1. The minimum absolute atomic E-state index is 0.0618. The van der Waals surface area contributed by atoms with E-state index in [-0.39, 0.29) is 4.90 Å². The number of halogens is 2. The number of hydrogen-bond donors (Lipinski definition) is 1. The lowest BCUT2D eigenvalue weighted by Gasteiger charge is -2.24. The number of ether oxygens (including phenoxy) is 1. The average molecular weight is 541 g/mol. The molecular weight excluding hydrogens is 519 g/mol. The zero-order valence-electron chi connectivity index (χ0n) is 19.2. The quantitative estimate of drug-likeness (QED) is 0.263. The Labute approximate surface area is 220 Å². The van der Waals surface area contributed by atoms with Crippen LogP contribution < -0.4 is 14.4 Å². The van der Waals surface area contributed by atoms with Crippen molar-refractivity contribution in [2.75, 3.05) is 16.2 Å². The molecule has 0 saturated heterocycles. The SMILES string of the molecule is Cc1ccc(S(=O)(=O)N(CC(=O)Nc2cc(Cl)ccc2Oc2ccccc2)c2ccc(Cl)cc2)cc1. The van der Waals surface area contributed by atoms with E-state index in [1.165, 1.54) is 12.1 Å². The van der Waals surface area contributed by atoms with Crippen LogP contribution in [0.1, 0.15) is 5.56 Å². The Morgan fingerprint density at radius 3 is 2.17 bits per heavy atom. The molecule has 0 bridgehead atoms. The normalized spacial score (nSPS) is 11.1. The fraction of sp³-hybridized carbons (Fsp3) is 0.0741. The van der Waals surface area contributed by atoms with Crippen molar-refractivity contribution in [2.45, 2.75) is 11.8 Å². The molecule has 0 fully saturated rings. The highest BCUT2D eigenvalue weighted by Gasteiger charge is 2.27. The number of nitrogens with one attached hydrogen (secondary N) is 1. The van der Waals surface area contributed by atoms with Crippen molar-refractivity contribution in [1.82, 2.24) is 0 Å². The second-order valence-electron chi connectivity index (χ2n) is 7.90. The Kier molecular flexibility index (Phi) is 7.84. The van der Waals surface area contributed by atoms with Crippen LogP contribution in [0.2, 0.25) is 10.0 Å². The van der Waals surface area contributed by atoms with E-state index >= 15 is 0 Å². The second kappa shape index (κ2) is 11.0. The number of anilines is 2. The van der Waals surface area contributed by atoms with Crippen molar-refractivity contribution in [3.8, 4) is 11.5 Å². The van der Waals surface area contributed by atoms with Gasteiger partial charge in [0.1, 0.15) is 12.3 Å². The lowest BCUT2D eigenvalue weighted by Crippen LogP contribution is -2.38. The van der Waals surface area contributed by atoms with Crippen LogP contribution in [-0.4, -0.2) is 20.9 Å². The average Bonchev–Trinajstić information content (AvgIpc) is 2.86. The largest absolute Gasteiger partial charge is 0.455 e. The maximum absolute atomic E-state index is 13.5. The fourth-order valence-corrected chi connectivity index (χ4v) is 5.10. The first-order chi connectivity index (χ1) is 17.2. The van der Waals surface area contributed by atoms with Gasteiger partial charge in [0.05, 0.1) is 16.3 Å². The first kappa shape index (κ1) is 25.6. The van der Waals surface area contributed by atoms with Crippen LogP contribution >= 0.6 is 23.2 Å². The highest BCUT2D eigenvalue weighted by atomic mass is 35.5. The number of carbonyl (C=O) groups excluding carboxylic acids is 1. The van der Waals surface area contributed by atoms with Gasteiger partial charge < -0.3 is 10.1 Å². The zero-order valence-corrected chi connectivity index (χ0v) is 21.5. The smallest absolute Gasteiger partial charge is 0.264 e. The summed E-state index contributed by atoms with van der Waals surface area (Å²) in [5.74, 6) is 0.347. The van der Waals surface area contributed by atoms with E-state index in [1.807, 2.05) is 25.1 Å². The molecule has 0 atom stereocenters. The van der Waals surface area contributed by atoms with Crippen LogP contribution in [0.5, 0.6) is 11.5 Å². The Bertz CT molecular complexity index is 1460. The van der Waals surface area contributed by atoms with Gasteiger partial charge in [0.15, 0.2) is 5.75 Å². The zero-order chi connectivity index (χ0) is 25.7. The third-order valence-corrected chi connectivity index (χ3v) is 7.47. The summed E-state index contributed by atoms with van der Waals surface area (Å²) in [6.45, 7) is 1.37. The van der Waals surface area contributed by atoms with Crippen LogP contribution in [-0.2, 0) is 14.8 Å². The van der Waals surface area contributed by atoms with Gasteiger partial charge in [-0.15, -0.1) is 0 Å². The van der Waals surface area contributed by atoms with Gasteiger partial charge in [-0.25, -0.2) is 8.42 Å². The number of nitrogens with zero attached hydrogens (tertiary/aromatic N) is 1. The number of aryl methyl sites for hydroxylation is 1. The molecule has 0 aliphatic carbocycles. The molecule has 4 rings (SSSR count). The standard InChI is InChI=1S/C27H22Cl2N2O4S/c1-19-7-14-24(15-8-19)36(33,34)31(22-12-9-20(28)10-13-22)18-27(32)30-25-17-21(29)11-16-26(25)35-23-5-3-2-4-6-23/h2-17H,18H2,1H3,(H,30,32). The van der Waals surface area contributed by atoms with Gasteiger partial charge in [0.25, 0.3) is 10.0 Å². The summed E-state index contributed by atoms with van der Waals surface area (Å²) in [4.78, 5) is 13.2. The molecule has 0 unspecified atom stereocenters. The predicted molar refractivity (Wildman–Crippen MR) is 144 cm³/mol. The minimum Gasteiger partial charge on any atom is -0.455 e. The third-order valence-electron chi connectivity index (χ3n) is 5.20. The summed E-state index contributed by atoms with van der Waals surface area (Å²) in [5.41, 5.74) is 1.51. The van der Waals surface area contributed by atoms with Gasteiger partial charge in [-0.05, 0) is 73.7 Å². The minimum atomic E-state index is -4.07. The fourth-order valence-electron chi connectivity index (χ4n) is 3.38. The highest BCUT2D eigenvalue weighted by Crippen LogP contribution is 2.32. The van der Waals surface area contributed by atoms with Gasteiger partial charge >= 0.3 is 0 Å². The monoisotopic (exact) mass is 540 g/mol. The first-order valence-electron chi connectivity index (χ1n) is 10.9. The lowest BCUT2D eigenvalue weighted by molar-refractivity contribution is -0.114. The molecule has 36 heavy (non-hydrogen) atoms. The summed E-state index contributed by atoms with van der Waals surface area (Å²) >= 11 is 12.2. The molecule has 4 aromatic rings. The van der Waals surface area contributed by atoms with E-state index in [4.69, 9.17) is 27.9 Å². The van der Waals surface area contributed by atoms with Crippen molar-refractivity contribution >= 4 is 50.5 Å². The number of sulfonamides is 1. The molecule has 0 heterocycles. The molecule has 1 amide bonds. The van der Waals surface area contributed by atoms with Crippen molar-refractivity contribution in [3.05, 3.63) is 113 Å². The Morgan fingerprint density at radius 1 is 0.861 bits per heavy atom. The number of hydrogen-bond acceptors (Lipinski definition) is 4.